The highest BCUT2D eigenvalue weighted by Crippen LogP contribution is 2.54. The molecule has 0 unspecified atom stereocenters. The summed E-state index contributed by atoms with van der Waals surface area (Å²) in [5.74, 6) is 0. The minimum absolute atomic E-state index is 1.10. The van der Waals surface area contributed by atoms with E-state index in [2.05, 4.69) is 238 Å². The van der Waals surface area contributed by atoms with E-state index in [4.69, 9.17) is 0 Å². The van der Waals surface area contributed by atoms with Crippen LogP contribution in [0.1, 0.15) is 0 Å². The van der Waals surface area contributed by atoms with Crippen molar-refractivity contribution in [1.29, 1.82) is 0 Å². The summed E-state index contributed by atoms with van der Waals surface area (Å²) in [6.07, 6.45) is 0. The number of benzene rings is 8. The largest absolute Gasteiger partial charge is 0.311 e. The molecule has 0 fully saturated rings. The van der Waals surface area contributed by atoms with Crippen LogP contribution in [-0.4, -0.2) is 0 Å². The molecule has 1 aliphatic rings. The molecule has 0 atom stereocenters. The van der Waals surface area contributed by atoms with E-state index in [9.17, 15) is 0 Å². The van der Waals surface area contributed by atoms with E-state index in [1.165, 1.54) is 0 Å². The van der Waals surface area contributed by atoms with Gasteiger partial charge in [-0.05, 0) is 121 Å². The average molecular weight is 669 g/mol. The molecule has 4 heteroatoms. The van der Waals surface area contributed by atoms with Gasteiger partial charge in [-0.2, -0.15) is 0 Å². The molecule has 9 rings (SSSR count). The third-order valence-corrected chi connectivity index (χ3v) is 9.52. The van der Waals surface area contributed by atoms with Gasteiger partial charge in [0.05, 0.1) is 22.7 Å². The van der Waals surface area contributed by atoms with Crippen LogP contribution in [0.5, 0.6) is 0 Å². The topological polar surface area (TPSA) is 13.0 Å². The van der Waals surface area contributed by atoms with Gasteiger partial charge >= 0.3 is 0 Å². The van der Waals surface area contributed by atoms with Gasteiger partial charge in [-0.15, -0.1) is 0 Å². The summed E-state index contributed by atoms with van der Waals surface area (Å²) in [7, 11) is 0. The van der Waals surface area contributed by atoms with Gasteiger partial charge in [0, 0.05) is 45.5 Å². The average Bonchev–Trinajstić information content (AvgIpc) is 3.22. The first-order chi connectivity index (χ1) is 25.8. The maximum Gasteiger partial charge on any atom is 0.0703 e. The lowest BCUT2D eigenvalue weighted by Crippen LogP contribution is -2.24. The van der Waals surface area contributed by atoms with E-state index < -0.39 is 0 Å². The lowest BCUT2D eigenvalue weighted by atomic mass is 10.0. The molecule has 0 N–H and O–H groups in total. The molecule has 8 aromatic rings. The van der Waals surface area contributed by atoms with E-state index in [1.54, 1.807) is 0 Å². The number of para-hydroxylation sites is 8. The normalized spacial score (nSPS) is 11.8. The molecular weight excluding hydrogens is 633 g/mol. The Balaban J connectivity index is 1.10. The summed E-state index contributed by atoms with van der Waals surface area (Å²) in [5.41, 5.74) is 13.4. The summed E-state index contributed by atoms with van der Waals surface area (Å²) in [4.78, 5) is 9.34. The fourth-order valence-corrected chi connectivity index (χ4v) is 7.20. The first-order valence-corrected chi connectivity index (χ1v) is 17.6. The molecule has 8 aromatic carbocycles. The molecule has 4 nitrogen and oxygen atoms in total. The van der Waals surface area contributed by atoms with Crippen LogP contribution in [0, 0.1) is 0 Å². The smallest absolute Gasteiger partial charge is 0.0703 e. The third kappa shape index (κ3) is 5.72. The minimum atomic E-state index is 1.10. The SMILES string of the molecule is c1ccc(N(c2ccccc2)c2ccc(N3c4ccccc4N(c4ccc(N(c5ccccc5)c5ccccc5)cc4)c4ccccc43)cc2)cc1. The van der Waals surface area contributed by atoms with Crippen molar-refractivity contribution < 1.29 is 0 Å². The van der Waals surface area contributed by atoms with E-state index in [1.807, 2.05) is 0 Å². The molecule has 0 aromatic heterocycles. The highest BCUT2D eigenvalue weighted by Gasteiger charge is 2.30. The molecule has 0 spiro atoms. The Bertz CT molecular complexity index is 2100. The second-order valence-corrected chi connectivity index (χ2v) is 12.7. The zero-order valence-corrected chi connectivity index (χ0v) is 28.6. The van der Waals surface area contributed by atoms with Gasteiger partial charge in [0.25, 0.3) is 0 Å². The van der Waals surface area contributed by atoms with Crippen LogP contribution in [0.4, 0.5) is 68.2 Å². The lowest BCUT2D eigenvalue weighted by Gasteiger charge is -2.40. The second-order valence-electron chi connectivity index (χ2n) is 12.7. The molecule has 248 valence electrons. The number of fused-ring (bicyclic) bond motifs is 2. The predicted molar refractivity (Wildman–Crippen MR) is 219 cm³/mol. The molecular formula is C48H36N4. The first kappa shape index (κ1) is 31.0. The van der Waals surface area contributed by atoms with Gasteiger partial charge < -0.3 is 19.6 Å². The fourth-order valence-electron chi connectivity index (χ4n) is 7.20. The number of nitrogens with zero attached hydrogens (tertiary/aromatic N) is 4. The Kier molecular flexibility index (Phi) is 8.16. The Morgan fingerprint density at radius 3 is 0.673 bits per heavy atom. The summed E-state index contributed by atoms with van der Waals surface area (Å²) in [6, 6.07) is 77.3. The highest BCUT2D eigenvalue weighted by atomic mass is 15.3. The summed E-state index contributed by atoms with van der Waals surface area (Å²) in [5, 5.41) is 0. The first-order valence-electron chi connectivity index (χ1n) is 17.6. The number of hydrogen-bond acceptors (Lipinski definition) is 4. The summed E-state index contributed by atoms with van der Waals surface area (Å²) >= 11 is 0. The Labute approximate surface area is 305 Å². The van der Waals surface area contributed by atoms with Gasteiger partial charge in [0.15, 0.2) is 0 Å². The van der Waals surface area contributed by atoms with Gasteiger partial charge in [0.2, 0.25) is 0 Å². The third-order valence-electron chi connectivity index (χ3n) is 9.52. The highest BCUT2D eigenvalue weighted by molar-refractivity contribution is 6.01. The van der Waals surface area contributed by atoms with Crippen molar-refractivity contribution in [3.63, 3.8) is 0 Å². The van der Waals surface area contributed by atoms with Gasteiger partial charge in [-0.3, -0.25) is 0 Å². The molecule has 1 heterocycles. The number of rotatable bonds is 8. The van der Waals surface area contributed by atoms with E-state index in [0.717, 1.165) is 68.2 Å². The van der Waals surface area contributed by atoms with Crippen LogP contribution in [0.2, 0.25) is 0 Å². The maximum atomic E-state index is 2.38. The number of anilines is 12. The fraction of sp³-hybridized carbons (Fsp3) is 0. The molecule has 0 saturated carbocycles. The van der Waals surface area contributed by atoms with Crippen molar-refractivity contribution in [2.24, 2.45) is 0 Å². The zero-order chi connectivity index (χ0) is 34.7. The summed E-state index contributed by atoms with van der Waals surface area (Å²) < 4.78 is 0. The van der Waals surface area contributed by atoms with Crippen molar-refractivity contribution in [3.8, 4) is 0 Å². The van der Waals surface area contributed by atoms with Crippen molar-refractivity contribution in [3.05, 3.63) is 218 Å². The van der Waals surface area contributed by atoms with Gasteiger partial charge in [-0.25, -0.2) is 0 Å². The Morgan fingerprint density at radius 2 is 0.423 bits per heavy atom. The van der Waals surface area contributed by atoms with Crippen LogP contribution in [0.3, 0.4) is 0 Å². The van der Waals surface area contributed by atoms with Crippen molar-refractivity contribution in [2.45, 2.75) is 0 Å². The van der Waals surface area contributed by atoms with E-state index in [0.29, 0.717) is 0 Å². The Hall–Kier alpha value is -7.04. The summed E-state index contributed by atoms with van der Waals surface area (Å²) in [6.45, 7) is 0. The molecule has 0 saturated heterocycles. The minimum Gasteiger partial charge on any atom is -0.311 e. The lowest BCUT2D eigenvalue weighted by molar-refractivity contribution is 1.17. The van der Waals surface area contributed by atoms with Crippen LogP contribution in [0.25, 0.3) is 0 Å². The van der Waals surface area contributed by atoms with Crippen molar-refractivity contribution >= 4 is 68.2 Å². The van der Waals surface area contributed by atoms with Crippen molar-refractivity contribution in [2.75, 3.05) is 19.6 Å². The number of hydrogen-bond donors (Lipinski definition) is 0. The van der Waals surface area contributed by atoms with Crippen LogP contribution < -0.4 is 19.6 Å². The molecule has 52 heavy (non-hydrogen) atoms. The monoisotopic (exact) mass is 668 g/mol. The molecule has 0 radical (unpaired) electrons. The van der Waals surface area contributed by atoms with E-state index >= 15 is 0 Å². The molecule has 0 bridgehead atoms. The van der Waals surface area contributed by atoms with Gasteiger partial charge in [-0.1, -0.05) is 97.1 Å². The zero-order valence-electron chi connectivity index (χ0n) is 28.6. The van der Waals surface area contributed by atoms with Gasteiger partial charge in [0.1, 0.15) is 0 Å². The predicted octanol–water partition coefficient (Wildman–Crippen LogP) is 13.9. The molecule has 0 aliphatic carbocycles. The molecule has 1 aliphatic heterocycles. The van der Waals surface area contributed by atoms with Crippen LogP contribution >= 0.6 is 0 Å². The molecule has 0 amide bonds. The van der Waals surface area contributed by atoms with Crippen LogP contribution in [0.15, 0.2) is 218 Å². The van der Waals surface area contributed by atoms with Crippen molar-refractivity contribution in [1.82, 2.24) is 0 Å². The maximum absolute atomic E-state index is 2.38. The standard InChI is InChI=1S/C48H36N4/c1-5-17-37(18-6-1)49(38-19-7-2-8-20-38)41-29-33-43(34-30-41)51-45-25-13-15-27-47(45)52(48-28-16-14-26-46(48)51)44-35-31-42(32-36-44)50(39-21-9-3-10-22-39)40-23-11-4-12-24-40/h1-36H. The van der Waals surface area contributed by atoms with Crippen LogP contribution in [-0.2, 0) is 0 Å². The quantitative estimate of drug-likeness (QED) is 0.160. The Morgan fingerprint density at radius 1 is 0.212 bits per heavy atom. The van der Waals surface area contributed by atoms with E-state index in [-0.39, 0.29) is 0 Å². The second kappa shape index (κ2) is 13.7.